The van der Waals surface area contributed by atoms with Crippen molar-refractivity contribution < 1.29 is 9.18 Å². The van der Waals surface area contributed by atoms with Crippen LogP contribution in [0.4, 0.5) is 26.2 Å². The first-order valence-corrected chi connectivity index (χ1v) is 5.75. The van der Waals surface area contributed by atoms with Crippen LogP contribution in [0.15, 0.2) is 42.5 Å². The predicted octanol–water partition coefficient (Wildman–Crippen LogP) is 3.36. The quantitative estimate of drug-likeness (QED) is 0.724. The van der Waals surface area contributed by atoms with Crippen LogP contribution in [0, 0.1) is 12.7 Å². The van der Waals surface area contributed by atoms with Crippen molar-refractivity contribution in [3.05, 3.63) is 53.8 Å². The molecule has 0 heterocycles. The normalized spacial score (nSPS) is 10.0. The van der Waals surface area contributed by atoms with Crippen molar-refractivity contribution in [1.29, 1.82) is 0 Å². The third kappa shape index (κ3) is 3.22. The molecule has 5 heteroatoms. The molecule has 4 nitrogen and oxygen atoms in total. The molecule has 0 atom stereocenters. The number of urea groups is 1. The molecule has 0 saturated carbocycles. The predicted molar refractivity (Wildman–Crippen MR) is 74.6 cm³/mol. The molecule has 0 bridgehead atoms. The molecule has 2 aromatic carbocycles. The number of hydrogen-bond acceptors (Lipinski definition) is 2. The Bertz CT molecular complexity index is 593. The zero-order valence-electron chi connectivity index (χ0n) is 10.4. The van der Waals surface area contributed by atoms with Gasteiger partial charge in [-0.2, -0.15) is 0 Å². The zero-order chi connectivity index (χ0) is 13.8. The van der Waals surface area contributed by atoms with Gasteiger partial charge < -0.3 is 16.4 Å². The van der Waals surface area contributed by atoms with Crippen LogP contribution >= 0.6 is 0 Å². The molecule has 0 radical (unpaired) electrons. The number of aryl methyl sites for hydroxylation is 1. The Morgan fingerprint density at radius 3 is 2.58 bits per heavy atom. The third-order valence-electron chi connectivity index (χ3n) is 2.63. The van der Waals surface area contributed by atoms with E-state index in [1.165, 1.54) is 18.2 Å². The molecule has 0 saturated heterocycles. The van der Waals surface area contributed by atoms with E-state index < -0.39 is 11.8 Å². The number of para-hydroxylation sites is 1. The molecule has 0 aliphatic heterocycles. The van der Waals surface area contributed by atoms with Crippen molar-refractivity contribution in [2.24, 2.45) is 0 Å². The summed E-state index contributed by atoms with van der Waals surface area (Å²) in [4.78, 5) is 11.8. The van der Waals surface area contributed by atoms with Crippen molar-refractivity contribution >= 4 is 23.1 Å². The molecule has 0 aliphatic rings. The zero-order valence-corrected chi connectivity index (χ0v) is 10.4. The van der Waals surface area contributed by atoms with E-state index in [1.807, 2.05) is 13.0 Å². The summed E-state index contributed by atoms with van der Waals surface area (Å²) in [6, 6.07) is 10.5. The van der Waals surface area contributed by atoms with Crippen molar-refractivity contribution in [3.8, 4) is 0 Å². The van der Waals surface area contributed by atoms with Gasteiger partial charge in [0.1, 0.15) is 5.82 Å². The fraction of sp³-hybridized carbons (Fsp3) is 0.0714. The number of nitrogens with two attached hydrogens (primary N) is 1. The number of carbonyl (C=O) groups excluding carboxylic acids is 1. The van der Waals surface area contributed by atoms with E-state index >= 15 is 0 Å². The molecular formula is C14H14FN3O. The number of nitrogen functional groups attached to an aromatic ring is 1. The van der Waals surface area contributed by atoms with Gasteiger partial charge in [0.2, 0.25) is 0 Å². The third-order valence-corrected chi connectivity index (χ3v) is 2.63. The van der Waals surface area contributed by atoms with Crippen LogP contribution in [0.1, 0.15) is 5.56 Å². The maximum Gasteiger partial charge on any atom is 0.323 e. The first-order chi connectivity index (χ1) is 9.06. The van der Waals surface area contributed by atoms with Crippen LogP contribution in [0.2, 0.25) is 0 Å². The second-order valence-electron chi connectivity index (χ2n) is 4.13. The van der Waals surface area contributed by atoms with Gasteiger partial charge in [-0.15, -0.1) is 0 Å². The van der Waals surface area contributed by atoms with E-state index in [0.29, 0.717) is 17.1 Å². The second-order valence-corrected chi connectivity index (χ2v) is 4.13. The highest BCUT2D eigenvalue weighted by Crippen LogP contribution is 2.22. The number of benzene rings is 2. The Labute approximate surface area is 110 Å². The van der Waals surface area contributed by atoms with E-state index in [-0.39, 0.29) is 0 Å². The molecule has 98 valence electrons. The minimum absolute atomic E-state index is 0.379. The van der Waals surface area contributed by atoms with Gasteiger partial charge in [0, 0.05) is 5.69 Å². The minimum atomic E-state index is -0.466. The fourth-order valence-corrected chi connectivity index (χ4v) is 1.70. The van der Waals surface area contributed by atoms with E-state index in [2.05, 4.69) is 10.6 Å². The summed E-state index contributed by atoms with van der Waals surface area (Å²) < 4.78 is 13.0. The van der Waals surface area contributed by atoms with E-state index in [0.717, 1.165) is 5.56 Å². The van der Waals surface area contributed by atoms with E-state index in [9.17, 15) is 9.18 Å². The smallest absolute Gasteiger partial charge is 0.323 e. The van der Waals surface area contributed by atoms with Crippen LogP contribution in [0.3, 0.4) is 0 Å². The summed E-state index contributed by atoms with van der Waals surface area (Å²) in [7, 11) is 0. The van der Waals surface area contributed by atoms with E-state index in [4.69, 9.17) is 5.73 Å². The Morgan fingerprint density at radius 2 is 1.89 bits per heavy atom. The van der Waals surface area contributed by atoms with Gasteiger partial charge in [-0.05, 0) is 36.8 Å². The standard InChI is InChI=1S/C14H14FN3O/c1-9-4-2-7-12(16)13(9)18-14(19)17-11-6-3-5-10(15)8-11/h2-8H,16H2,1H3,(H2,17,18,19). The van der Waals surface area contributed by atoms with Gasteiger partial charge in [-0.1, -0.05) is 18.2 Å². The molecule has 2 aromatic rings. The lowest BCUT2D eigenvalue weighted by molar-refractivity contribution is 0.262. The lowest BCUT2D eigenvalue weighted by Crippen LogP contribution is -2.20. The van der Waals surface area contributed by atoms with Crippen LogP contribution in [-0.2, 0) is 0 Å². The van der Waals surface area contributed by atoms with E-state index in [1.54, 1.807) is 18.2 Å². The number of rotatable bonds is 2. The van der Waals surface area contributed by atoms with Crippen molar-refractivity contribution in [3.63, 3.8) is 0 Å². The first kappa shape index (κ1) is 12.9. The monoisotopic (exact) mass is 259 g/mol. The molecule has 0 fully saturated rings. The minimum Gasteiger partial charge on any atom is -0.397 e. The molecule has 0 spiro atoms. The highest BCUT2D eigenvalue weighted by Gasteiger charge is 2.07. The van der Waals surface area contributed by atoms with Gasteiger partial charge in [0.05, 0.1) is 11.4 Å². The summed E-state index contributed by atoms with van der Waals surface area (Å²) in [5.74, 6) is -0.409. The molecule has 0 aromatic heterocycles. The number of hydrogen-bond donors (Lipinski definition) is 3. The SMILES string of the molecule is Cc1cccc(N)c1NC(=O)Nc1cccc(F)c1. The topological polar surface area (TPSA) is 67.1 Å². The number of anilines is 3. The van der Waals surface area contributed by atoms with Crippen molar-refractivity contribution in [2.45, 2.75) is 6.92 Å². The number of halogens is 1. The molecule has 19 heavy (non-hydrogen) atoms. The van der Waals surface area contributed by atoms with Gasteiger partial charge in [-0.25, -0.2) is 9.18 Å². The summed E-state index contributed by atoms with van der Waals surface area (Å²) in [5.41, 5.74) is 8.05. The van der Waals surface area contributed by atoms with Crippen LogP contribution in [0.5, 0.6) is 0 Å². The second kappa shape index (κ2) is 5.39. The average molecular weight is 259 g/mol. The first-order valence-electron chi connectivity index (χ1n) is 5.75. The lowest BCUT2D eigenvalue weighted by atomic mass is 10.2. The summed E-state index contributed by atoms with van der Waals surface area (Å²) in [6.45, 7) is 1.84. The number of amides is 2. The summed E-state index contributed by atoms with van der Waals surface area (Å²) >= 11 is 0. The Hall–Kier alpha value is -2.56. The summed E-state index contributed by atoms with van der Waals surface area (Å²) in [5, 5.41) is 5.19. The Kier molecular flexibility index (Phi) is 3.66. The van der Waals surface area contributed by atoms with Crippen molar-refractivity contribution in [1.82, 2.24) is 0 Å². The molecule has 2 rings (SSSR count). The number of carbonyl (C=O) groups is 1. The van der Waals surface area contributed by atoms with Crippen LogP contribution < -0.4 is 16.4 Å². The van der Waals surface area contributed by atoms with Gasteiger partial charge in [0.25, 0.3) is 0 Å². The average Bonchev–Trinajstić information content (AvgIpc) is 2.34. The maximum atomic E-state index is 13.0. The van der Waals surface area contributed by atoms with Gasteiger partial charge in [0.15, 0.2) is 0 Å². The largest absolute Gasteiger partial charge is 0.397 e. The molecule has 0 aliphatic carbocycles. The Morgan fingerprint density at radius 1 is 1.16 bits per heavy atom. The number of nitrogens with one attached hydrogen (secondary N) is 2. The Balaban J connectivity index is 2.10. The lowest BCUT2D eigenvalue weighted by Gasteiger charge is -2.12. The van der Waals surface area contributed by atoms with Crippen LogP contribution in [0.25, 0.3) is 0 Å². The van der Waals surface area contributed by atoms with Crippen LogP contribution in [-0.4, -0.2) is 6.03 Å². The molecule has 4 N–H and O–H groups in total. The maximum absolute atomic E-state index is 13.0. The highest BCUT2D eigenvalue weighted by atomic mass is 19.1. The highest BCUT2D eigenvalue weighted by molar-refractivity contribution is 6.02. The summed E-state index contributed by atoms with van der Waals surface area (Å²) in [6.07, 6.45) is 0. The van der Waals surface area contributed by atoms with Gasteiger partial charge in [-0.3, -0.25) is 0 Å². The molecule has 0 unspecified atom stereocenters. The van der Waals surface area contributed by atoms with Crippen molar-refractivity contribution in [2.75, 3.05) is 16.4 Å². The molecular weight excluding hydrogens is 245 g/mol. The molecule has 2 amide bonds. The fourth-order valence-electron chi connectivity index (χ4n) is 1.70. The van der Waals surface area contributed by atoms with Gasteiger partial charge >= 0.3 is 6.03 Å².